The van der Waals surface area contributed by atoms with Crippen LogP contribution in [0.25, 0.3) is 0 Å². The molecule has 0 spiro atoms. The highest BCUT2D eigenvalue weighted by atomic mass is 35.5. The van der Waals surface area contributed by atoms with Crippen molar-refractivity contribution < 1.29 is 4.79 Å². The molecule has 0 saturated carbocycles. The normalized spacial score (nSPS) is 12.2. The largest absolute Gasteiger partial charge is 0.350 e. The number of alkyl halides is 1. The van der Waals surface area contributed by atoms with Crippen LogP contribution in [0.15, 0.2) is 24.3 Å². The SMILES string of the molecule is Cc1cccc([C@H](C)NC(=O)CCCCCl)c1. The minimum atomic E-state index is 0.0680. The van der Waals surface area contributed by atoms with E-state index in [2.05, 4.69) is 24.4 Å². The van der Waals surface area contributed by atoms with Gasteiger partial charge in [-0.05, 0) is 32.3 Å². The minimum Gasteiger partial charge on any atom is -0.350 e. The van der Waals surface area contributed by atoms with E-state index < -0.39 is 0 Å². The maximum atomic E-state index is 11.6. The molecule has 94 valence electrons. The van der Waals surface area contributed by atoms with Crippen LogP contribution in [0.1, 0.15) is 43.4 Å². The van der Waals surface area contributed by atoms with Gasteiger partial charge in [0.25, 0.3) is 0 Å². The molecule has 1 atom stereocenters. The van der Waals surface area contributed by atoms with E-state index in [-0.39, 0.29) is 11.9 Å². The Morgan fingerprint density at radius 1 is 1.41 bits per heavy atom. The lowest BCUT2D eigenvalue weighted by Gasteiger charge is -2.14. The second kappa shape index (κ2) is 7.33. The molecule has 3 heteroatoms. The van der Waals surface area contributed by atoms with Gasteiger partial charge in [-0.25, -0.2) is 0 Å². The second-order valence-electron chi connectivity index (χ2n) is 4.35. The molecular formula is C14H20ClNO. The maximum Gasteiger partial charge on any atom is 0.220 e. The first-order valence-electron chi connectivity index (χ1n) is 6.05. The van der Waals surface area contributed by atoms with E-state index in [1.807, 2.05) is 19.1 Å². The molecular weight excluding hydrogens is 234 g/mol. The first kappa shape index (κ1) is 14.0. The van der Waals surface area contributed by atoms with Crippen LogP contribution in [-0.2, 0) is 4.79 Å². The van der Waals surface area contributed by atoms with E-state index in [1.54, 1.807) is 0 Å². The van der Waals surface area contributed by atoms with Crippen molar-refractivity contribution in [3.05, 3.63) is 35.4 Å². The highest BCUT2D eigenvalue weighted by molar-refractivity contribution is 6.17. The first-order chi connectivity index (χ1) is 8.13. The number of carbonyl (C=O) groups excluding carboxylic acids is 1. The molecule has 0 unspecified atom stereocenters. The Bertz CT molecular complexity index is 365. The van der Waals surface area contributed by atoms with Crippen molar-refractivity contribution in [1.29, 1.82) is 0 Å². The predicted molar refractivity (Wildman–Crippen MR) is 72.3 cm³/mol. The summed E-state index contributed by atoms with van der Waals surface area (Å²) in [5.41, 5.74) is 2.36. The zero-order valence-electron chi connectivity index (χ0n) is 10.5. The van der Waals surface area contributed by atoms with Gasteiger partial charge in [0.1, 0.15) is 0 Å². The lowest BCUT2D eigenvalue weighted by atomic mass is 10.1. The first-order valence-corrected chi connectivity index (χ1v) is 6.59. The van der Waals surface area contributed by atoms with E-state index >= 15 is 0 Å². The number of carbonyl (C=O) groups is 1. The Kier molecular flexibility index (Phi) is 6.06. The Balaban J connectivity index is 2.43. The van der Waals surface area contributed by atoms with Crippen LogP contribution >= 0.6 is 11.6 Å². The molecule has 1 aromatic rings. The van der Waals surface area contributed by atoms with E-state index in [0.717, 1.165) is 18.4 Å². The van der Waals surface area contributed by atoms with E-state index in [9.17, 15) is 4.79 Å². The molecule has 0 aliphatic carbocycles. The fourth-order valence-electron chi connectivity index (χ4n) is 1.72. The minimum absolute atomic E-state index is 0.0680. The molecule has 0 heterocycles. The van der Waals surface area contributed by atoms with Crippen molar-refractivity contribution >= 4 is 17.5 Å². The van der Waals surface area contributed by atoms with Crippen LogP contribution in [0.3, 0.4) is 0 Å². The van der Waals surface area contributed by atoms with E-state index in [0.29, 0.717) is 12.3 Å². The third kappa shape index (κ3) is 5.22. The quantitative estimate of drug-likeness (QED) is 0.609. The molecule has 0 aromatic heterocycles. The Morgan fingerprint density at radius 3 is 2.82 bits per heavy atom. The van der Waals surface area contributed by atoms with Crippen molar-refractivity contribution in [3.63, 3.8) is 0 Å². The van der Waals surface area contributed by atoms with Crippen LogP contribution in [0.4, 0.5) is 0 Å². The maximum absolute atomic E-state index is 11.6. The number of hydrogen-bond donors (Lipinski definition) is 1. The van der Waals surface area contributed by atoms with Gasteiger partial charge in [0.05, 0.1) is 6.04 Å². The van der Waals surface area contributed by atoms with Gasteiger partial charge in [0.15, 0.2) is 0 Å². The summed E-state index contributed by atoms with van der Waals surface area (Å²) in [6.45, 7) is 4.06. The summed E-state index contributed by atoms with van der Waals surface area (Å²) in [5.74, 6) is 0.727. The summed E-state index contributed by atoms with van der Waals surface area (Å²) in [6.07, 6.45) is 2.31. The number of rotatable bonds is 6. The summed E-state index contributed by atoms with van der Waals surface area (Å²) in [6, 6.07) is 8.28. The van der Waals surface area contributed by atoms with Crippen molar-refractivity contribution in [3.8, 4) is 0 Å². The topological polar surface area (TPSA) is 29.1 Å². The number of unbranched alkanes of at least 4 members (excludes halogenated alkanes) is 1. The van der Waals surface area contributed by atoms with Gasteiger partial charge in [-0.15, -0.1) is 11.6 Å². The second-order valence-corrected chi connectivity index (χ2v) is 4.73. The molecule has 17 heavy (non-hydrogen) atoms. The molecule has 0 bridgehead atoms. The van der Waals surface area contributed by atoms with Crippen LogP contribution in [0, 0.1) is 6.92 Å². The monoisotopic (exact) mass is 253 g/mol. The molecule has 0 saturated heterocycles. The number of aryl methyl sites for hydroxylation is 1. The van der Waals surface area contributed by atoms with Crippen molar-refractivity contribution in [2.75, 3.05) is 5.88 Å². The molecule has 0 fully saturated rings. The van der Waals surface area contributed by atoms with Gasteiger partial charge >= 0.3 is 0 Å². The van der Waals surface area contributed by atoms with Gasteiger partial charge in [-0.2, -0.15) is 0 Å². The predicted octanol–water partition coefficient (Wildman–Crippen LogP) is 3.58. The van der Waals surface area contributed by atoms with Gasteiger partial charge in [0, 0.05) is 12.3 Å². The lowest BCUT2D eigenvalue weighted by molar-refractivity contribution is -0.121. The van der Waals surface area contributed by atoms with Gasteiger partial charge < -0.3 is 5.32 Å². The Morgan fingerprint density at radius 2 is 2.18 bits per heavy atom. The van der Waals surface area contributed by atoms with Crippen molar-refractivity contribution in [1.82, 2.24) is 5.32 Å². The zero-order valence-corrected chi connectivity index (χ0v) is 11.3. The number of halogens is 1. The summed E-state index contributed by atoms with van der Waals surface area (Å²) in [5, 5.41) is 3.00. The number of hydrogen-bond acceptors (Lipinski definition) is 1. The molecule has 1 amide bonds. The van der Waals surface area contributed by atoms with Crippen molar-refractivity contribution in [2.45, 2.75) is 39.2 Å². The average Bonchev–Trinajstić information content (AvgIpc) is 2.29. The summed E-state index contributed by atoms with van der Waals surface area (Å²) in [4.78, 5) is 11.6. The molecule has 1 N–H and O–H groups in total. The fourth-order valence-corrected chi connectivity index (χ4v) is 1.91. The van der Waals surface area contributed by atoms with E-state index in [1.165, 1.54) is 5.56 Å². The van der Waals surface area contributed by atoms with E-state index in [4.69, 9.17) is 11.6 Å². The summed E-state index contributed by atoms with van der Waals surface area (Å²) < 4.78 is 0. The lowest BCUT2D eigenvalue weighted by Crippen LogP contribution is -2.26. The standard InChI is InChI=1S/C14H20ClNO/c1-11-6-5-7-13(10-11)12(2)16-14(17)8-3-4-9-15/h5-7,10,12H,3-4,8-9H2,1-2H3,(H,16,17)/t12-/m0/s1. The number of amides is 1. The van der Waals surface area contributed by atoms with Crippen LogP contribution in [0.5, 0.6) is 0 Å². The highest BCUT2D eigenvalue weighted by Crippen LogP contribution is 2.14. The molecule has 0 aliphatic rings. The highest BCUT2D eigenvalue weighted by Gasteiger charge is 2.08. The number of benzene rings is 1. The average molecular weight is 254 g/mol. The molecule has 0 aliphatic heterocycles. The summed E-state index contributed by atoms with van der Waals surface area (Å²) in [7, 11) is 0. The third-order valence-electron chi connectivity index (χ3n) is 2.71. The third-order valence-corrected chi connectivity index (χ3v) is 2.97. The fraction of sp³-hybridized carbons (Fsp3) is 0.500. The smallest absolute Gasteiger partial charge is 0.220 e. The molecule has 1 rings (SSSR count). The number of nitrogens with one attached hydrogen (secondary N) is 1. The van der Waals surface area contributed by atoms with Gasteiger partial charge in [0.2, 0.25) is 5.91 Å². The molecule has 1 aromatic carbocycles. The van der Waals surface area contributed by atoms with Crippen molar-refractivity contribution in [2.24, 2.45) is 0 Å². The Labute approximate surface area is 108 Å². The van der Waals surface area contributed by atoms with Crippen LogP contribution in [0.2, 0.25) is 0 Å². The molecule has 0 radical (unpaired) electrons. The van der Waals surface area contributed by atoms with Gasteiger partial charge in [-0.3, -0.25) is 4.79 Å². The van der Waals surface area contributed by atoms with Crippen LogP contribution < -0.4 is 5.32 Å². The van der Waals surface area contributed by atoms with Crippen LogP contribution in [-0.4, -0.2) is 11.8 Å². The summed E-state index contributed by atoms with van der Waals surface area (Å²) >= 11 is 5.57. The zero-order chi connectivity index (χ0) is 12.7. The van der Waals surface area contributed by atoms with Gasteiger partial charge in [-0.1, -0.05) is 29.8 Å². The molecule has 2 nitrogen and oxygen atoms in total. The Hall–Kier alpha value is -1.02.